The zero-order chi connectivity index (χ0) is 33.0. The number of benzene rings is 2. The fraction of sp³-hybridized carbons (Fsp3) is 0.500. The molecule has 4 aromatic rings. The fourth-order valence-corrected chi connectivity index (χ4v) is 7.28. The highest BCUT2D eigenvalue weighted by atomic mass is 19.3. The molecule has 6 rings (SSSR count). The van der Waals surface area contributed by atoms with Crippen molar-refractivity contribution >= 4 is 27.5 Å². The van der Waals surface area contributed by atoms with Crippen LogP contribution >= 0.6 is 0 Å². The molecule has 4 heterocycles. The van der Waals surface area contributed by atoms with Gasteiger partial charge in [0.15, 0.2) is 5.82 Å². The first-order chi connectivity index (χ1) is 21.8. The average Bonchev–Trinajstić information content (AvgIpc) is 2.99. The van der Waals surface area contributed by atoms with Crippen molar-refractivity contribution in [3.8, 4) is 23.0 Å². The minimum atomic E-state index is -2.54. The van der Waals surface area contributed by atoms with Crippen molar-refractivity contribution in [2.45, 2.75) is 58.5 Å². The standard InChI is InChI=1S/C34H39F4N5O3/c1-5-21-25(35)8-7-19-13-20(44)14-22(26(19)21)28-27(36)29-23(15-39-28)31(43-11-6-10-34(3,45)17-43)41-32(40-29)46-18-33(2)16-42(4)12-9-24(33)30(37)38/h7-8,13-15,24,30,44-45H,5-6,9-12,16-18H2,1-4H3/t24-,33+,34?/m1/s1. The molecule has 46 heavy (non-hydrogen) atoms. The summed E-state index contributed by atoms with van der Waals surface area (Å²) >= 11 is 0. The Morgan fingerprint density at radius 1 is 1.11 bits per heavy atom. The molecule has 2 aliphatic heterocycles. The fourth-order valence-electron chi connectivity index (χ4n) is 7.28. The molecular formula is C34H39F4N5O3. The van der Waals surface area contributed by atoms with Crippen LogP contribution in [0.1, 0.15) is 45.6 Å². The van der Waals surface area contributed by atoms with Crippen LogP contribution in [0.25, 0.3) is 32.9 Å². The van der Waals surface area contributed by atoms with Crippen LogP contribution in [0.5, 0.6) is 11.8 Å². The molecule has 2 aromatic heterocycles. The van der Waals surface area contributed by atoms with Crippen molar-refractivity contribution in [1.82, 2.24) is 19.9 Å². The van der Waals surface area contributed by atoms with Gasteiger partial charge in [-0.25, -0.2) is 17.6 Å². The molecule has 0 amide bonds. The molecule has 0 saturated carbocycles. The third-order valence-corrected chi connectivity index (χ3v) is 9.56. The van der Waals surface area contributed by atoms with Crippen LogP contribution in [-0.2, 0) is 6.42 Å². The SMILES string of the molecule is CCc1c(F)ccc2cc(O)cc(-c3ncc4c(N5CCCC(C)(O)C5)nc(OC[C@]5(C)CN(C)CC[C@@H]5C(F)F)nc4c3F)c12. The van der Waals surface area contributed by atoms with E-state index in [0.717, 1.165) is 0 Å². The molecule has 2 N–H and O–H groups in total. The number of hydrogen-bond acceptors (Lipinski definition) is 8. The highest BCUT2D eigenvalue weighted by Gasteiger charge is 2.44. The van der Waals surface area contributed by atoms with Gasteiger partial charge in [-0.3, -0.25) is 4.98 Å². The first-order valence-corrected chi connectivity index (χ1v) is 15.7. The average molecular weight is 642 g/mol. The number of anilines is 1. The zero-order valence-corrected chi connectivity index (χ0v) is 26.5. The minimum Gasteiger partial charge on any atom is -0.508 e. The molecule has 0 radical (unpaired) electrons. The second-order valence-corrected chi connectivity index (χ2v) is 13.4. The van der Waals surface area contributed by atoms with Gasteiger partial charge in [0.2, 0.25) is 6.43 Å². The number of hydrogen-bond donors (Lipinski definition) is 2. The van der Waals surface area contributed by atoms with Crippen molar-refractivity contribution < 1.29 is 32.5 Å². The molecule has 8 nitrogen and oxygen atoms in total. The lowest BCUT2D eigenvalue weighted by Gasteiger charge is -2.44. The van der Waals surface area contributed by atoms with Gasteiger partial charge < -0.3 is 24.7 Å². The molecule has 2 saturated heterocycles. The molecule has 0 spiro atoms. The molecule has 246 valence electrons. The van der Waals surface area contributed by atoms with Crippen LogP contribution < -0.4 is 9.64 Å². The maximum atomic E-state index is 16.8. The highest BCUT2D eigenvalue weighted by molar-refractivity contribution is 6.01. The molecule has 2 aliphatic rings. The summed E-state index contributed by atoms with van der Waals surface area (Å²) in [5.74, 6) is -2.03. The van der Waals surface area contributed by atoms with Gasteiger partial charge in [0.05, 0.1) is 17.6 Å². The van der Waals surface area contributed by atoms with Crippen LogP contribution in [0.4, 0.5) is 23.4 Å². The number of alkyl halides is 2. The summed E-state index contributed by atoms with van der Waals surface area (Å²) in [6, 6.07) is 5.49. The second-order valence-electron chi connectivity index (χ2n) is 13.4. The first-order valence-electron chi connectivity index (χ1n) is 15.7. The van der Waals surface area contributed by atoms with Crippen LogP contribution in [-0.4, -0.2) is 81.9 Å². The van der Waals surface area contributed by atoms with E-state index in [2.05, 4.69) is 15.0 Å². The number of aromatic hydroxyl groups is 1. The Kier molecular flexibility index (Phi) is 8.47. The molecule has 2 fully saturated rings. The van der Waals surface area contributed by atoms with Gasteiger partial charge in [-0.15, -0.1) is 0 Å². The lowest BCUT2D eigenvalue weighted by atomic mass is 9.73. The number of halogens is 4. The summed E-state index contributed by atoms with van der Waals surface area (Å²) in [6.07, 6.45) is 0.761. The van der Waals surface area contributed by atoms with E-state index in [-0.39, 0.29) is 47.1 Å². The number of aromatic nitrogens is 3. The number of β-amino-alcohol motifs (C(OH)–C–C–N with tert-alkyl or cyclic N) is 1. The third kappa shape index (κ3) is 5.92. The number of aliphatic hydroxyl groups is 1. The van der Waals surface area contributed by atoms with Gasteiger partial charge in [-0.05, 0) is 80.7 Å². The number of likely N-dealkylation sites (tertiary alicyclic amines) is 1. The highest BCUT2D eigenvalue weighted by Crippen LogP contribution is 2.41. The lowest BCUT2D eigenvalue weighted by Crippen LogP contribution is -2.51. The largest absolute Gasteiger partial charge is 0.508 e. The monoisotopic (exact) mass is 641 g/mol. The molecule has 0 bridgehead atoms. The minimum absolute atomic E-state index is 0.120. The number of ether oxygens (including phenoxy) is 1. The predicted molar refractivity (Wildman–Crippen MR) is 169 cm³/mol. The molecule has 1 unspecified atom stereocenters. The van der Waals surface area contributed by atoms with Crippen molar-refractivity contribution in [2.24, 2.45) is 11.3 Å². The Bertz CT molecular complexity index is 1790. The normalized spacial score (nSPS) is 24.3. The Morgan fingerprint density at radius 2 is 1.89 bits per heavy atom. The molecule has 12 heteroatoms. The van der Waals surface area contributed by atoms with E-state index in [0.29, 0.717) is 67.5 Å². The number of aryl methyl sites for hydroxylation is 1. The van der Waals surface area contributed by atoms with Gasteiger partial charge in [-0.2, -0.15) is 9.97 Å². The summed E-state index contributed by atoms with van der Waals surface area (Å²) < 4.78 is 66.0. The Hall–Kier alpha value is -3.77. The van der Waals surface area contributed by atoms with E-state index >= 15 is 4.39 Å². The number of phenols is 1. The van der Waals surface area contributed by atoms with Crippen LogP contribution in [0, 0.1) is 23.0 Å². The number of fused-ring (bicyclic) bond motifs is 2. The van der Waals surface area contributed by atoms with Gasteiger partial charge in [-0.1, -0.05) is 19.9 Å². The van der Waals surface area contributed by atoms with Crippen molar-refractivity contribution in [3.05, 3.63) is 47.7 Å². The molecule has 3 atom stereocenters. The van der Waals surface area contributed by atoms with E-state index in [1.807, 2.05) is 16.8 Å². The lowest BCUT2D eigenvalue weighted by molar-refractivity contribution is -0.0679. The summed E-state index contributed by atoms with van der Waals surface area (Å²) in [6.45, 7) is 6.81. The summed E-state index contributed by atoms with van der Waals surface area (Å²) in [5, 5.41) is 22.6. The Labute approximate surface area is 265 Å². The van der Waals surface area contributed by atoms with Gasteiger partial charge in [0.25, 0.3) is 0 Å². The smallest absolute Gasteiger partial charge is 0.319 e. The van der Waals surface area contributed by atoms with Crippen LogP contribution in [0.15, 0.2) is 30.5 Å². The number of rotatable bonds is 7. The van der Waals surface area contributed by atoms with E-state index < -0.39 is 35.0 Å². The zero-order valence-electron chi connectivity index (χ0n) is 26.5. The first kappa shape index (κ1) is 32.2. The maximum absolute atomic E-state index is 16.8. The molecular weight excluding hydrogens is 602 g/mol. The number of piperidine rings is 2. The van der Waals surface area contributed by atoms with Crippen LogP contribution in [0.3, 0.4) is 0 Å². The van der Waals surface area contributed by atoms with Crippen molar-refractivity contribution in [1.29, 1.82) is 0 Å². The summed E-state index contributed by atoms with van der Waals surface area (Å²) in [5.41, 5.74) is -1.65. The topological polar surface area (TPSA) is 94.8 Å². The van der Waals surface area contributed by atoms with Gasteiger partial charge >= 0.3 is 6.01 Å². The third-order valence-electron chi connectivity index (χ3n) is 9.56. The van der Waals surface area contributed by atoms with Crippen molar-refractivity contribution in [3.63, 3.8) is 0 Å². The van der Waals surface area contributed by atoms with Crippen molar-refractivity contribution in [2.75, 3.05) is 44.7 Å². The quantitative estimate of drug-likeness (QED) is 0.226. The summed E-state index contributed by atoms with van der Waals surface area (Å²) in [7, 11) is 1.87. The molecule has 2 aromatic carbocycles. The predicted octanol–water partition coefficient (Wildman–Crippen LogP) is 6.34. The second kappa shape index (κ2) is 12.1. The van der Waals surface area contributed by atoms with E-state index in [1.165, 1.54) is 30.5 Å². The van der Waals surface area contributed by atoms with E-state index in [9.17, 15) is 23.4 Å². The Morgan fingerprint density at radius 3 is 2.61 bits per heavy atom. The van der Waals surface area contributed by atoms with E-state index in [4.69, 9.17) is 4.74 Å². The van der Waals surface area contributed by atoms with Gasteiger partial charge in [0.1, 0.15) is 28.6 Å². The van der Waals surface area contributed by atoms with Gasteiger partial charge in [0, 0.05) is 42.7 Å². The number of phenolic OH excluding ortho intramolecular Hbond substituents is 1. The number of pyridine rings is 1. The van der Waals surface area contributed by atoms with Crippen LogP contribution in [0.2, 0.25) is 0 Å². The van der Waals surface area contributed by atoms with E-state index in [1.54, 1.807) is 20.8 Å². The molecule has 0 aliphatic carbocycles. The maximum Gasteiger partial charge on any atom is 0.319 e. The summed E-state index contributed by atoms with van der Waals surface area (Å²) in [4.78, 5) is 17.3. The Balaban J connectivity index is 1.51. The number of nitrogens with zero attached hydrogens (tertiary/aromatic N) is 5.